The zero-order chi connectivity index (χ0) is 20.1. The van der Waals surface area contributed by atoms with Gasteiger partial charge < -0.3 is 20.4 Å². The first-order valence-electron chi connectivity index (χ1n) is 8.71. The van der Waals surface area contributed by atoms with Crippen molar-refractivity contribution in [3.8, 4) is 0 Å². The van der Waals surface area contributed by atoms with Crippen molar-refractivity contribution < 1.29 is 13.2 Å². The molecule has 0 saturated carbocycles. The van der Waals surface area contributed by atoms with E-state index in [9.17, 15) is 8.78 Å². The second kappa shape index (κ2) is 9.66. The van der Waals surface area contributed by atoms with Gasteiger partial charge in [-0.15, -0.1) is 12.4 Å². The van der Waals surface area contributed by atoms with Gasteiger partial charge >= 0.3 is 0 Å². The molecule has 7 nitrogen and oxygen atoms in total. The van der Waals surface area contributed by atoms with E-state index in [0.29, 0.717) is 29.6 Å². The summed E-state index contributed by atoms with van der Waals surface area (Å²) in [6, 6.07) is 15.2. The first-order chi connectivity index (χ1) is 14.1. The van der Waals surface area contributed by atoms with Crippen LogP contribution < -0.4 is 16.0 Å². The Balaban J connectivity index is 0.00000256. The monoisotopic (exact) mass is 430 g/mol. The van der Waals surface area contributed by atoms with Crippen LogP contribution in [0, 0.1) is 11.6 Å². The van der Waals surface area contributed by atoms with Crippen LogP contribution in [0.5, 0.6) is 0 Å². The van der Waals surface area contributed by atoms with Gasteiger partial charge in [0.15, 0.2) is 0 Å². The largest absolute Gasteiger partial charge is 0.467 e. The molecule has 0 atom stereocenters. The fourth-order valence-corrected chi connectivity index (χ4v) is 2.47. The molecule has 0 fully saturated rings. The Kier molecular flexibility index (Phi) is 6.76. The average molecular weight is 431 g/mol. The SMILES string of the molecule is Cl.Fc1ccc(Nc2nc(NCc3ccco3)nc(Nc3ccc(F)cc3)n2)cc1. The minimum absolute atomic E-state index is 0. The van der Waals surface area contributed by atoms with E-state index in [0.717, 1.165) is 0 Å². The van der Waals surface area contributed by atoms with Gasteiger partial charge in [0.05, 0.1) is 12.8 Å². The molecule has 10 heteroatoms. The topological polar surface area (TPSA) is 87.9 Å². The molecule has 0 aliphatic carbocycles. The lowest BCUT2D eigenvalue weighted by molar-refractivity contribution is 0.517. The second-order valence-corrected chi connectivity index (χ2v) is 6.00. The first kappa shape index (κ1) is 21.0. The summed E-state index contributed by atoms with van der Waals surface area (Å²) < 4.78 is 31.6. The number of hydrogen-bond donors (Lipinski definition) is 3. The van der Waals surface area contributed by atoms with Crippen molar-refractivity contribution in [1.29, 1.82) is 0 Å². The molecule has 4 aromatic rings. The standard InChI is InChI=1S/C20H16F2N6O.ClH/c21-13-3-7-15(8-4-13)24-19-26-18(23-12-17-2-1-11-29-17)27-20(28-19)25-16-9-5-14(22)6-10-16;/h1-11H,12H2,(H3,23,24,25,26,27,28);1H. The van der Waals surface area contributed by atoms with Crippen LogP contribution in [-0.4, -0.2) is 15.0 Å². The first-order valence-corrected chi connectivity index (χ1v) is 8.71. The van der Waals surface area contributed by atoms with Crippen molar-refractivity contribution >= 4 is 41.6 Å². The maximum Gasteiger partial charge on any atom is 0.233 e. The van der Waals surface area contributed by atoms with Gasteiger partial charge in [-0.3, -0.25) is 0 Å². The van der Waals surface area contributed by atoms with Crippen molar-refractivity contribution in [1.82, 2.24) is 15.0 Å². The molecule has 0 unspecified atom stereocenters. The van der Waals surface area contributed by atoms with E-state index >= 15 is 0 Å². The van der Waals surface area contributed by atoms with Gasteiger partial charge in [0, 0.05) is 11.4 Å². The van der Waals surface area contributed by atoms with Gasteiger partial charge in [-0.1, -0.05) is 0 Å². The van der Waals surface area contributed by atoms with Crippen LogP contribution in [0.3, 0.4) is 0 Å². The fourth-order valence-electron chi connectivity index (χ4n) is 2.47. The Morgan fingerprint density at radius 1 is 0.700 bits per heavy atom. The third-order valence-corrected chi connectivity index (χ3v) is 3.84. The molecule has 3 N–H and O–H groups in total. The molecule has 4 rings (SSSR count). The summed E-state index contributed by atoms with van der Waals surface area (Å²) in [5, 5.41) is 9.08. The van der Waals surface area contributed by atoms with E-state index in [4.69, 9.17) is 4.42 Å². The smallest absolute Gasteiger partial charge is 0.233 e. The average Bonchev–Trinajstić information content (AvgIpc) is 3.24. The van der Waals surface area contributed by atoms with E-state index < -0.39 is 0 Å². The zero-order valence-corrected chi connectivity index (χ0v) is 16.3. The van der Waals surface area contributed by atoms with E-state index in [1.807, 2.05) is 6.07 Å². The van der Waals surface area contributed by atoms with Crippen molar-refractivity contribution in [2.75, 3.05) is 16.0 Å². The summed E-state index contributed by atoms with van der Waals surface area (Å²) in [4.78, 5) is 13.0. The summed E-state index contributed by atoms with van der Waals surface area (Å²) in [5.74, 6) is 0.824. The number of benzene rings is 2. The molecule has 30 heavy (non-hydrogen) atoms. The normalized spacial score (nSPS) is 10.2. The van der Waals surface area contributed by atoms with Crippen LogP contribution in [-0.2, 0) is 6.54 Å². The Morgan fingerprint density at radius 3 is 1.67 bits per heavy atom. The molecule has 0 aliphatic rings. The van der Waals surface area contributed by atoms with Gasteiger partial charge in [0.25, 0.3) is 0 Å². The minimum Gasteiger partial charge on any atom is -0.467 e. The number of hydrogen-bond acceptors (Lipinski definition) is 7. The molecule has 0 saturated heterocycles. The quantitative estimate of drug-likeness (QED) is 0.368. The van der Waals surface area contributed by atoms with Crippen LogP contribution >= 0.6 is 12.4 Å². The minimum atomic E-state index is -0.342. The van der Waals surface area contributed by atoms with Gasteiger partial charge in [0.1, 0.15) is 17.4 Å². The summed E-state index contributed by atoms with van der Waals surface area (Å²) in [7, 11) is 0. The number of furan rings is 1. The Morgan fingerprint density at radius 2 is 1.20 bits per heavy atom. The predicted molar refractivity (Wildman–Crippen MR) is 112 cm³/mol. The number of halogens is 3. The van der Waals surface area contributed by atoms with E-state index in [-0.39, 0.29) is 35.9 Å². The van der Waals surface area contributed by atoms with Crippen LogP contribution in [0.4, 0.5) is 38.0 Å². The highest BCUT2D eigenvalue weighted by molar-refractivity contribution is 5.85. The predicted octanol–water partition coefficient (Wildman–Crippen LogP) is 5.26. The molecule has 2 heterocycles. The van der Waals surface area contributed by atoms with Gasteiger partial charge in [-0.2, -0.15) is 15.0 Å². The van der Waals surface area contributed by atoms with Crippen LogP contribution in [0.1, 0.15) is 5.76 Å². The highest BCUT2D eigenvalue weighted by Gasteiger charge is 2.09. The number of aromatic nitrogens is 3. The second-order valence-electron chi connectivity index (χ2n) is 6.00. The molecule has 2 aromatic heterocycles. The van der Waals surface area contributed by atoms with Gasteiger partial charge in [-0.25, -0.2) is 8.78 Å². The lowest BCUT2D eigenvalue weighted by Gasteiger charge is -2.11. The molecule has 154 valence electrons. The molecular weight excluding hydrogens is 414 g/mol. The van der Waals surface area contributed by atoms with Crippen molar-refractivity contribution in [3.05, 3.63) is 84.3 Å². The summed E-state index contributed by atoms with van der Waals surface area (Å²) in [6.07, 6.45) is 1.58. The maximum absolute atomic E-state index is 13.1. The molecule has 2 aromatic carbocycles. The summed E-state index contributed by atoms with van der Waals surface area (Å²) in [5.41, 5.74) is 1.23. The zero-order valence-electron chi connectivity index (χ0n) is 15.5. The molecule has 0 aliphatic heterocycles. The number of nitrogens with one attached hydrogen (secondary N) is 3. The molecule has 0 bridgehead atoms. The third kappa shape index (κ3) is 5.65. The Labute approximate surface area is 177 Å². The highest BCUT2D eigenvalue weighted by atomic mass is 35.5. The Hall–Kier alpha value is -3.72. The lowest BCUT2D eigenvalue weighted by atomic mass is 10.3. The lowest BCUT2D eigenvalue weighted by Crippen LogP contribution is -2.09. The van der Waals surface area contributed by atoms with Crippen molar-refractivity contribution in [2.45, 2.75) is 6.54 Å². The van der Waals surface area contributed by atoms with Gasteiger partial charge in [-0.05, 0) is 60.7 Å². The van der Waals surface area contributed by atoms with Crippen LogP contribution in [0.25, 0.3) is 0 Å². The summed E-state index contributed by atoms with van der Waals surface area (Å²) in [6.45, 7) is 0.378. The number of anilines is 5. The van der Waals surface area contributed by atoms with Crippen molar-refractivity contribution in [3.63, 3.8) is 0 Å². The van der Waals surface area contributed by atoms with Crippen LogP contribution in [0.2, 0.25) is 0 Å². The van der Waals surface area contributed by atoms with E-state index in [1.165, 1.54) is 24.3 Å². The van der Waals surface area contributed by atoms with Gasteiger partial charge in [0.2, 0.25) is 17.8 Å². The summed E-state index contributed by atoms with van der Waals surface area (Å²) >= 11 is 0. The molecule has 0 amide bonds. The molecular formula is C20H17ClF2N6O. The fraction of sp³-hybridized carbons (Fsp3) is 0.0500. The number of rotatable bonds is 7. The third-order valence-electron chi connectivity index (χ3n) is 3.84. The van der Waals surface area contributed by atoms with E-state index in [2.05, 4.69) is 30.9 Å². The molecule has 0 spiro atoms. The maximum atomic E-state index is 13.1. The van der Waals surface area contributed by atoms with Crippen molar-refractivity contribution in [2.24, 2.45) is 0 Å². The molecule has 0 radical (unpaired) electrons. The van der Waals surface area contributed by atoms with Crippen LogP contribution in [0.15, 0.2) is 71.3 Å². The van der Waals surface area contributed by atoms with E-state index in [1.54, 1.807) is 36.6 Å². The number of nitrogens with zero attached hydrogens (tertiary/aromatic N) is 3. The highest BCUT2D eigenvalue weighted by Crippen LogP contribution is 2.19. The Bertz CT molecular complexity index is 1010.